The Morgan fingerprint density at radius 2 is 1.83 bits per heavy atom. The third kappa shape index (κ3) is 3.98. The van der Waals surface area contributed by atoms with Crippen molar-refractivity contribution in [2.45, 2.75) is 39.7 Å². The lowest BCUT2D eigenvalue weighted by Crippen LogP contribution is -2.54. The molecule has 1 aliphatic heterocycles. The average Bonchev–Trinajstić information content (AvgIpc) is 2.77. The Morgan fingerprint density at radius 3 is 2.28 bits per heavy atom. The number of nitrogens with one attached hydrogen (secondary N) is 1. The van der Waals surface area contributed by atoms with Crippen LogP contribution in [-0.2, 0) is 14.3 Å². The van der Waals surface area contributed by atoms with Crippen LogP contribution in [0, 0.1) is 5.41 Å². The standard InChI is InChI=1S/C13H24N2O3/c1-13(2,3)11(14-10(16)9-18-4)12(17)15-7-5-6-8-15/h11H,5-9H2,1-4H3,(H,14,16)/t11-/m1/s1. The lowest BCUT2D eigenvalue weighted by atomic mass is 9.85. The summed E-state index contributed by atoms with van der Waals surface area (Å²) >= 11 is 0. The summed E-state index contributed by atoms with van der Waals surface area (Å²) in [7, 11) is 1.47. The highest BCUT2D eigenvalue weighted by Crippen LogP contribution is 2.22. The van der Waals surface area contributed by atoms with Crippen molar-refractivity contribution >= 4 is 11.8 Å². The van der Waals surface area contributed by atoms with E-state index < -0.39 is 6.04 Å². The first-order valence-corrected chi connectivity index (χ1v) is 6.43. The highest BCUT2D eigenvalue weighted by Gasteiger charge is 2.36. The zero-order chi connectivity index (χ0) is 13.8. The van der Waals surface area contributed by atoms with Crippen LogP contribution in [0.15, 0.2) is 0 Å². The maximum atomic E-state index is 12.4. The summed E-state index contributed by atoms with van der Waals surface area (Å²) in [5.41, 5.74) is -0.303. The van der Waals surface area contributed by atoms with Crippen molar-refractivity contribution in [2.75, 3.05) is 26.8 Å². The van der Waals surface area contributed by atoms with Crippen molar-refractivity contribution in [1.29, 1.82) is 0 Å². The van der Waals surface area contributed by atoms with Crippen LogP contribution in [0.4, 0.5) is 0 Å². The SMILES string of the molecule is COCC(=O)N[C@H](C(=O)N1CCCC1)C(C)(C)C. The number of hydrogen-bond acceptors (Lipinski definition) is 3. The van der Waals surface area contributed by atoms with Gasteiger partial charge in [0.2, 0.25) is 11.8 Å². The molecule has 0 aromatic rings. The Bertz CT molecular complexity index is 304. The molecule has 0 spiro atoms. The van der Waals surface area contributed by atoms with Crippen LogP contribution in [0.2, 0.25) is 0 Å². The number of likely N-dealkylation sites (tertiary alicyclic amines) is 1. The minimum atomic E-state index is -0.488. The molecule has 1 fully saturated rings. The van der Waals surface area contributed by atoms with Gasteiger partial charge in [-0.15, -0.1) is 0 Å². The van der Waals surface area contributed by atoms with E-state index in [0.717, 1.165) is 25.9 Å². The highest BCUT2D eigenvalue weighted by atomic mass is 16.5. The average molecular weight is 256 g/mol. The second kappa shape index (κ2) is 6.18. The van der Waals surface area contributed by atoms with Gasteiger partial charge in [0.1, 0.15) is 12.6 Å². The van der Waals surface area contributed by atoms with E-state index in [9.17, 15) is 9.59 Å². The normalized spacial score (nSPS) is 17.7. The van der Waals surface area contributed by atoms with Crippen molar-refractivity contribution < 1.29 is 14.3 Å². The molecule has 0 saturated carbocycles. The maximum Gasteiger partial charge on any atom is 0.246 e. The van der Waals surface area contributed by atoms with Crippen LogP contribution in [0.3, 0.4) is 0 Å². The van der Waals surface area contributed by atoms with Crippen molar-refractivity contribution in [3.63, 3.8) is 0 Å². The predicted molar refractivity (Wildman–Crippen MR) is 69.1 cm³/mol. The molecule has 0 bridgehead atoms. The van der Waals surface area contributed by atoms with Crippen molar-refractivity contribution in [3.05, 3.63) is 0 Å². The number of carbonyl (C=O) groups is 2. The number of methoxy groups -OCH3 is 1. The lowest BCUT2D eigenvalue weighted by Gasteiger charge is -2.33. The van der Waals surface area contributed by atoms with E-state index in [-0.39, 0.29) is 23.8 Å². The molecule has 2 amide bonds. The van der Waals surface area contributed by atoms with Gasteiger partial charge in [0.25, 0.3) is 0 Å². The quantitative estimate of drug-likeness (QED) is 0.809. The Morgan fingerprint density at radius 1 is 1.28 bits per heavy atom. The molecular formula is C13H24N2O3. The van der Waals surface area contributed by atoms with Gasteiger partial charge in [0, 0.05) is 20.2 Å². The first kappa shape index (κ1) is 15.0. The largest absolute Gasteiger partial charge is 0.375 e. The summed E-state index contributed by atoms with van der Waals surface area (Å²) in [6.07, 6.45) is 2.10. The molecular weight excluding hydrogens is 232 g/mol. The van der Waals surface area contributed by atoms with E-state index in [0.29, 0.717) is 0 Å². The van der Waals surface area contributed by atoms with E-state index in [1.165, 1.54) is 7.11 Å². The molecule has 1 heterocycles. The number of hydrogen-bond donors (Lipinski definition) is 1. The van der Waals surface area contributed by atoms with E-state index in [4.69, 9.17) is 4.74 Å². The Kier molecular flexibility index (Phi) is 5.14. The molecule has 0 aromatic heterocycles. The molecule has 18 heavy (non-hydrogen) atoms. The fourth-order valence-corrected chi connectivity index (χ4v) is 2.10. The van der Waals surface area contributed by atoms with Crippen LogP contribution in [0.5, 0.6) is 0 Å². The van der Waals surface area contributed by atoms with Gasteiger partial charge in [-0.3, -0.25) is 9.59 Å². The number of nitrogens with zero attached hydrogens (tertiary/aromatic N) is 1. The van der Waals surface area contributed by atoms with E-state index in [1.54, 1.807) is 0 Å². The van der Waals surface area contributed by atoms with Gasteiger partial charge in [-0.1, -0.05) is 20.8 Å². The van der Waals surface area contributed by atoms with Crippen LogP contribution in [0.25, 0.3) is 0 Å². The predicted octanol–water partition coefficient (Wildman–Crippen LogP) is 0.786. The molecule has 0 radical (unpaired) electrons. The summed E-state index contributed by atoms with van der Waals surface area (Å²) < 4.78 is 4.79. The number of carbonyl (C=O) groups excluding carboxylic acids is 2. The van der Waals surface area contributed by atoms with E-state index >= 15 is 0 Å². The molecule has 5 heteroatoms. The molecule has 1 saturated heterocycles. The number of rotatable bonds is 4. The summed E-state index contributed by atoms with van der Waals surface area (Å²) in [5, 5.41) is 2.78. The summed E-state index contributed by atoms with van der Waals surface area (Å²) in [4.78, 5) is 25.9. The molecule has 0 aromatic carbocycles. The maximum absolute atomic E-state index is 12.4. The van der Waals surface area contributed by atoms with Gasteiger partial charge in [-0.05, 0) is 18.3 Å². The lowest BCUT2D eigenvalue weighted by molar-refractivity contribution is -0.139. The van der Waals surface area contributed by atoms with Crippen LogP contribution in [0.1, 0.15) is 33.6 Å². The van der Waals surface area contributed by atoms with Gasteiger partial charge in [-0.25, -0.2) is 0 Å². The molecule has 1 rings (SSSR count). The Labute approximate surface area is 109 Å². The third-order valence-electron chi connectivity index (χ3n) is 3.11. The Hall–Kier alpha value is -1.10. The first-order chi connectivity index (χ1) is 8.36. The van der Waals surface area contributed by atoms with Gasteiger partial charge in [0.15, 0.2) is 0 Å². The number of amides is 2. The summed E-state index contributed by atoms with van der Waals surface area (Å²) in [5.74, 6) is -0.227. The molecule has 104 valence electrons. The fourth-order valence-electron chi connectivity index (χ4n) is 2.10. The third-order valence-corrected chi connectivity index (χ3v) is 3.11. The van der Waals surface area contributed by atoms with Crippen molar-refractivity contribution in [3.8, 4) is 0 Å². The monoisotopic (exact) mass is 256 g/mol. The second-order valence-corrected chi connectivity index (χ2v) is 5.83. The van der Waals surface area contributed by atoms with Crippen molar-refractivity contribution in [2.24, 2.45) is 5.41 Å². The molecule has 1 atom stereocenters. The van der Waals surface area contributed by atoms with Crippen LogP contribution in [-0.4, -0.2) is 49.6 Å². The van der Waals surface area contributed by atoms with E-state index in [1.807, 2.05) is 25.7 Å². The summed E-state index contributed by atoms with van der Waals surface area (Å²) in [6.45, 7) is 7.45. The molecule has 5 nitrogen and oxygen atoms in total. The Balaban J connectivity index is 2.71. The second-order valence-electron chi connectivity index (χ2n) is 5.83. The van der Waals surface area contributed by atoms with Crippen molar-refractivity contribution in [1.82, 2.24) is 10.2 Å². The molecule has 0 unspecified atom stereocenters. The molecule has 0 aliphatic carbocycles. The van der Waals surface area contributed by atoms with Gasteiger partial charge in [0.05, 0.1) is 0 Å². The number of ether oxygens (including phenoxy) is 1. The highest BCUT2D eigenvalue weighted by molar-refractivity contribution is 5.88. The minimum Gasteiger partial charge on any atom is -0.375 e. The van der Waals surface area contributed by atoms with Crippen LogP contribution >= 0.6 is 0 Å². The smallest absolute Gasteiger partial charge is 0.246 e. The van der Waals surface area contributed by atoms with E-state index in [2.05, 4.69) is 5.32 Å². The first-order valence-electron chi connectivity index (χ1n) is 6.43. The molecule has 1 aliphatic rings. The van der Waals surface area contributed by atoms with Gasteiger partial charge < -0.3 is 15.0 Å². The zero-order valence-electron chi connectivity index (χ0n) is 11.8. The van der Waals surface area contributed by atoms with Gasteiger partial charge in [-0.2, -0.15) is 0 Å². The summed E-state index contributed by atoms with van der Waals surface area (Å²) in [6, 6.07) is -0.488. The fraction of sp³-hybridized carbons (Fsp3) is 0.846. The minimum absolute atomic E-state index is 0.0140. The topological polar surface area (TPSA) is 58.6 Å². The zero-order valence-corrected chi connectivity index (χ0v) is 11.8. The van der Waals surface area contributed by atoms with Crippen LogP contribution < -0.4 is 5.32 Å². The van der Waals surface area contributed by atoms with Gasteiger partial charge >= 0.3 is 0 Å². The molecule has 1 N–H and O–H groups in total.